The van der Waals surface area contributed by atoms with Crippen molar-refractivity contribution in [3.63, 3.8) is 0 Å². The van der Waals surface area contributed by atoms with Crippen LogP contribution in [0.1, 0.15) is 25.3 Å². The molecule has 1 atom stereocenters. The van der Waals surface area contributed by atoms with Gasteiger partial charge in [0.15, 0.2) is 0 Å². The average Bonchev–Trinajstić information content (AvgIpc) is 2.25. The highest BCUT2D eigenvalue weighted by atomic mass is 16.6. The quantitative estimate of drug-likeness (QED) is 0.446. The molecule has 0 aliphatic carbocycles. The summed E-state index contributed by atoms with van der Waals surface area (Å²) in [5.41, 5.74) is 0.606. The van der Waals surface area contributed by atoms with Gasteiger partial charge in [-0.2, -0.15) is 0 Å². The fraction of sp³-hybridized carbons (Fsp3) is 0.417. The molecule has 0 aliphatic heterocycles. The van der Waals surface area contributed by atoms with Crippen LogP contribution in [0, 0.1) is 10.1 Å². The molecule has 0 fully saturated rings. The molecule has 5 nitrogen and oxygen atoms in total. The number of benzene rings is 1. The number of carbonyl (C=O) groups is 1. The number of rotatable bonds is 5. The third-order valence-corrected chi connectivity index (χ3v) is 2.17. The van der Waals surface area contributed by atoms with Crippen molar-refractivity contribution in [3.05, 3.63) is 46.0 Å². The fourth-order valence-corrected chi connectivity index (χ4v) is 1.46. The molecule has 0 saturated heterocycles. The Morgan fingerprint density at radius 1 is 1.35 bits per heavy atom. The molecule has 17 heavy (non-hydrogen) atoms. The molecule has 5 heteroatoms. The van der Waals surface area contributed by atoms with Crippen LogP contribution in [0.25, 0.3) is 0 Å². The minimum atomic E-state index is -0.839. The van der Waals surface area contributed by atoms with Gasteiger partial charge in [-0.3, -0.25) is 14.9 Å². The number of nitro groups is 1. The third kappa shape index (κ3) is 4.22. The Labute approximate surface area is 99.5 Å². The second-order valence-corrected chi connectivity index (χ2v) is 3.96. The lowest BCUT2D eigenvalue weighted by Gasteiger charge is -2.14. The zero-order valence-corrected chi connectivity index (χ0v) is 9.83. The lowest BCUT2D eigenvalue weighted by Crippen LogP contribution is -2.25. The van der Waals surface area contributed by atoms with Crippen molar-refractivity contribution in [2.45, 2.75) is 25.9 Å². The first kappa shape index (κ1) is 13.2. The predicted molar refractivity (Wildman–Crippen MR) is 62.3 cm³/mol. The summed E-state index contributed by atoms with van der Waals surface area (Å²) in [5.74, 6) is -1.39. The van der Waals surface area contributed by atoms with E-state index in [9.17, 15) is 14.9 Å². The summed E-state index contributed by atoms with van der Waals surface area (Å²) < 4.78 is 5.02. The topological polar surface area (TPSA) is 69.4 Å². The van der Waals surface area contributed by atoms with E-state index in [0.717, 1.165) is 0 Å². The van der Waals surface area contributed by atoms with Crippen LogP contribution in [0.2, 0.25) is 0 Å². The Hall–Kier alpha value is -1.91. The molecular formula is C12H15NO4. The second-order valence-electron chi connectivity index (χ2n) is 3.96. The summed E-state index contributed by atoms with van der Waals surface area (Å²) in [6.45, 7) is 2.98. The van der Waals surface area contributed by atoms with Gasteiger partial charge in [0, 0.05) is 4.92 Å². The molecule has 0 heterocycles. The van der Waals surface area contributed by atoms with Gasteiger partial charge in [-0.1, -0.05) is 30.3 Å². The van der Waals surface area contributed by atoms with Crippen molar-refractivity contribution in [3.8, 4) is 0 Å². The maximum atomic E-state index is 11.8. The van der Waals surface area contributed by atoms with Crippen LogP contribution in [0.5, 0.6) is 0 Å². The zero-order chi connectivity index (χ0) is 12.8. The summed E-state index contributed by atoms with van der Waals surface area (Å²) in [6, 6.07) is 8.65. The van der Waals surface area contributed by atoms with Crippen LogP contribution >= 0.6 is 0 Å². The van der Waals surface area contributed by atoms with Crippen molar-refractivity contribution in [1.29, 1.82) is 0 Å². The number of hydrogen-bond donors (Lipinski definition) is 0. The molecule has 0 unspecified atom stereocenters. The van der Waals surface area contributed by atoms with Gasteiger partial charge in [0.1, 0.15) is 5.92 Å². The van der Waals surface area contributed by atoms with E-state index in [1.54, 1.807) is 44.2 Å². The first-order valence-electron chi connectivity index (χ1n) is 5.38. The molecule has 1 aromatic carbocycles. The predicted octanol–water partition coefficient (Wildman–Crippen LogP) is 2.00. The molecule has 0 bridgehead atoms. The third-order valence-electron chi connectivity index (χ3n) is 2.17. The van der Waals surface area contributed by atoms with E-state index in [4.69, 9.17) is 4.74 Å². The van der Waals surface area contributed by atoms with Crippen molar-refractivity contribution in [2.75, 3.05) is 6.54 Å². The molecule has 1 aromatic rings. The Kier molecular flexibility index (Phi) is 4.63. The first-order chi connectivity index (χ1) is 8.00. The first-order valence-corrected chi connectivity index (χ1v) is 5.38. The number of esters is 1. The van der Waals surface area contributed by atoms with Crippen molar-refractivity contribution in [1.82, 2.24) is 0 Å². The van der Waals surface area contributed by atoms with Crippen LogP contribution in [0.15, 0.2) is 30.3 Å². The second kappa shape index (κ2) is 5.98. The molecule has 0 N–H and O–H groups in total. The minimum Gasteiger partial charge on any atom is -0.462 e. The van der Waals surface area contributed by atoms with Gasteiger partial charge in [0.2, 0.25) is 6.54 Å². The van der Waals surface area contributed by atoms with E-state index in [0.29, 0.717) is 5.56 Å². The highest BCUT2D eigenvalue weighted by Crippen LogP contribution is 2.18. The SMILES string of the molecule is CC(C)OC(=O)[C@@H](C[N+](=O)[O-])c1ccccc1. The highest BCUT2D eigenvalue weighted by molar-refractivity contribution is 5.78. The number of carbonyl (C=O) groups excluding carboxylic acids is 1. The van der Waals surface area contributed by atoms with Gasteiger partial charge in [0.25, 0.3) is 0 Å². The molecular weight excluding hydrogens is 222 g/mol. The maximum Gasteiger partial charge on any atom is 0.320 e. The monoisotopic (exact) mass is 237 g/mol. The standard InChI is InChI=1S/C12H15NO4/c1-9(2)17-12(14)11(8-13(15)16)10-6-4-3-5-7-10/h3-7,9,11H,8H2,1-2H3/t11-/m0/s1. The molecule has 0 aromatic heterocycles. The zero-order valence-electron chi connectivity index (χ0n) is 9.83. The highest BCUT2D eigenvalue weighted by Gasteiger charge is 2.28. The van der Waals surface area contributed by atoms with Crippen LogP contribution in [-0.2, 0) is 9.53 Å². The molecule has 92 valence electrons. The van der Waals surface area contributed by atoms with Gasteiger partial charge < -0.3 is 4.74 Å². The van der Waals surface area contributed by atoms with E-state index in [1.807, 2.05) is 0 Å². The van der Waals surface area contributed by atoms with Crippen molar-refractivity contribution >= 4 is 5.97 Å². The number of ether oxygens (including phenoxy) is 1. The van der Waals surface area contributed by atoms with Gasteiger partial charge in [0.05, 0.1) is 6.10 Å². The summed E-state index contributed by atoms with van der Waals surface area (Å²) >= 11 is 0. The van der Waals surface area contributed by atoms with Gasteiger partial charge in [-0.05, 0) is 19.4 Å². The molecule has 0 radical (unpaired) electrons. The largest absolute Gasteiger partial charge is 0.462 e. The van der Waals surface area contributed by atoms with Crippen LogP contribution in [-0.4, -0.2) is 23.5 Å². The van der Waals surface area contributed by atoms with Gasteiger partial charge in [-0.15, -0.1) is 0 Å². The van der Waals surface area contributed by atoms with Crippen LogP contribution in [0.4, 0.5) is 0 Å². The summed E-state index contributed by atoms with van der Waals surface area (Å²) in [4.78, 5) is 21.8. The molecule has 1 rings (SSSR count). The summed E-state index contributed by atoms with van der Waals surface area (Å²) in [6.07, 6.45) is -0.277. The van der Waals surface area contributed by atoms with Gasteiger partial charge >= 0.3 is 5.97 Å². The number of hydrogen-bond acceptors (Lipinski definition) is 4. The van der Waals surface area contributed by atoms with E-state index in [-0.39, 0.29) is 6.10 Å². The molecule has 0 saturated carbocycles. The summed E-state index contributed by atoms with van der Waals surface area (Å²) in [5, 5.41) is 10.6. The average molecular weight is 237 g/mol. The maximum absolute atomic E-state index is 11.8. The number of nitrogens with zero attached hydrogens (tertiary/aromatic N) is 1. The Bertz CT molecular complexity index is 389. The van der Waals surface area contributed by atoms with Gasteiger partial charge in [-0.25, -0.2) is 0 Å². The Morgan fingerprint density at radius 3 is 2.41 bits per heavy atom. The van der Waals surface area contributed by atoms with Crippen molar-refractivity contribution in [2.24, 2.45) is 0 Å². The van der Waals surface area contributed by atoms with Crippen LogP contribution in [0.3, 0.4) is 0 Å². The lowest BCUT2D eigenvalue weighted by molar-refractivity contribution is -0.481. The van der Waals surface area contributed by atoms with Crippen molar-refractivity contribution < 1.29 is 14.5 Å². The lowest BCUT2D eigenvalue weighted by atomic mass is 9.99. The summed E-state index contributed by atoms with van der Waals surface area (Å²) in [7, 11) is 0. The van der Waals surface area contributed by atoms with E-state index < -0.39 is 23.4 Å². The molecule has 0 spiro atoms. The van der Waals surface area contributed by atoms with E-state index >= 15 is 0 Å². The van der Waals surface area contributed by atoms with E-state index in [2.05, 4.69) is 0 Å². The Balaban J connectivity index is 2.88. The fourth-order valence-electron chi connectivity index (χ4n) is 1.46. The smallest absolute Gasteiger partial charge is 0.320 e. The van der Waals surface area contributed by atoms with Crippen LogP contribution < -0.4 is 0 Å². The molecule has 0 aliphatic rings. The minimum absolute atomic E-state index is 0.277. The normalized spacial score (nSPS) is 12.2. The Morgan fingerprint density at radius 2 is 1.94 bits per heavy atom. The molecule has 0 amide bonds. The van der Waals surface area contributed by atoms with E-state index in [1.165, 1.54) is 0 Å².